The van der Waals surface area contributed by atoms with Gasteiger partial charge < -0.3 is 9.64 Å². The minimum absolute atomic E-state index is 0.470. The molecule has 0 radical (unpaired) electrons. The van der Waals surface area contributed by atoms with Crippen LogP contribution in [0.15, 0.2) is 36.4 Å². The van der Waals surface area contributed by atoms with Crippen LogP contribution in [0.4, 0.5) is 5.82 Å². The first-order valence-corrected chi connectivity index (χ1v) is 8.93. The Morgan fingerprint density at radius 1 is 1.00 bits per heavy atom. The zero-order valence-electron chi connectivity index (χ0n) is 14.3. The first-order valence-electron chi connectivity index (χ1n) is 8.93. The number of para-hydroxylation sites is 1. The van der Waals surface area contributed by atoms with E-state index in [1.807, 2.05) is 22.7 Å². The Hall–Kier alpha value is -2.63. The molecular formula is C19H21N5O. The van der Waals surface area contributed by atoms with E-state index in [9.17, 15) is 0 Å². The largest absolute Gasteiger partial charge is 0.496 e. The Morgan fingerprint density at radius 2 is 1.88 bits per heavy atom. The van der Waals surface area contributed by atoms with E-state index in [2.05, 4.69) is 33.3 Å². The average Bonchev–Trinajstić information content (AvgIpc) is 3.22. The molecule has 25 heavy (non-hydrogen) atoms. The highest BCUT2D eigenvalue weighted by molar-refractivity contribution is 5.48. The number of fused-ring (bicyclic) bond motifs is 1. The second kappa shape index (κ2) is 5.72. The van der Waals surface area contributed by atoms with Gasteiger partial charge in [-0.3, -0.25) is 0 Å². The molecule has 2 fully saturated rings. The lowest BCUT2D eigenvalue weighted by Gasteiger charge is -2.18. The number of aromatic nitrogens is 4. The van der Waals surface area contributed by atoms with Crippen molar-refractivity contribution in [2.45, 2.75) is 31.1 Å². The molecule has 0 bridgehead atoms. The molecule has 1 aromatic carbocycles. The lowest BCUT2D eigenvalue weighted by molar-refractivity contribution is 0.406. The van der Waals surface area contributed by atoms with Crippen LogP contribution in [0.5, 0.6) is 5.75 Å². The molecule has 0 amide bonds. The predicted molar refractivity (Wildman–Crippen MR) is 95.3 cm³/mol. The van der Waals surface area contributed by atoms with Crippen LogP contribution in [0.1, 0.15) is 42.5 Å². The fourth-order valence-electron chi connectivity index (χ4n) is 3.79. The fraction of sp³-hybridized carbons (Fsp3) is 0.421. The summed E-state index contributed by atoms with van der Waals surface area (Å²) in [6.45, 7) is 1.96. The van der Waals surface area contributed by atoms with Crippen molar-refractivity contribution in [3.63, 3.8) is 0 Å². The Morgan fingerprint density at radius 3 is 2.72 bits per heavy atom. The Kier molecular flexibility index (Phi) is 3.36. The van der Waals surface area contributed by atoms with Gasteiger partial charge in [-0.25, -0.2) is 0 Å². The number of benzene rings is 1. The summed E-state index contributed by atoms with van der Waals surface area (Å²) >= 11 is 0. The molecule has 0 spiro atoms. The summed E-state index contributed by atoms with van der Waals surface area (Å²) in [5, 5.41) is 13.4. The molecule has 1 unspecified atom stereocenters. The van der Waals surface area contributed by atoms with Gasteiger partial charge in [-0.05, 0) is 43.0 Å². The maximum absolute atomic E-state index is 5.54. The lowest BCUT2D eigenvalue weighted by Crippen LogP contribution is -2.21. The second-order valence-corrected chi connectivity index (χ2v) is 6.97. The van der Waals surface area contributed by atoms with Crippen molar-refractivity contribution in [1.82, 2.24) is 19.8 Å². The van der Waals surface area contributed by atoms with Crippen LogP contribution in [0, 0.1) is 0 Å². The van der Waals surface area contributed by atoms with E-state index in [1.54, 1.807) is 7.11 Å². The summed E-state index contributed by atoms with van der Waals surface area (Å²) in [6.07, 6.45) is 3.51. The highest BCUT2D eigenvalue weighted by atomic mass is 16.5. The molecule has 3 aromatic rings. The molecule has 0 N–H and O–H groups in total. The van der Waals surface area contributed by atoms with E-state index in [0.717, 1.165) is 42.5 Å². The highest BCUT2D eigenvalue weighted by Gasteiger charge is 2.30. The molecule has 1 aliphatic carbocycles. The molecule has 5 rings (SSSR count). The number of anilines is 1. The number of hydrogen-bond acceptors (Lipinski definition) is 5. The van der Waals surface area contributed by atoms with Crippen molar-refractivity contribution >= 4 is 11.5 Å². The van der Waals surface area contributed by atoms with E-state index in [4.69, 9.17) is 9.84 Å². The Balaban J connectivity index is 1.43. The van der Waals surface area contributed by atoms with Crippen molar-refractivity contribution in [1.29, 1.82) is 0 Å². The number of nitrogens with zero attached hydrogens (tertiary/aromatic N) is 5. The number of methoxy groups -OCH3 is 1. The lowest BCUT2D eigenvalue weighted by atomic mass is 9.97. The summed E-state index contributed by atoms with van der Waals surface area (Å²) < 4.78 is 7.47. The van der Waals surface area contributed by atoms with Crippen LogP contribution in [0.25, 0.3) is 5.65 Å². The first kappa shape index (κ1) is 14.7. The van der Waals surface area contributed by atoms with Gasteiger partial charge in [-0.1, -0.05) is 18.2 Å². The molecule has 1 atom stereocenters. The molecule has 6 heteroatoms. The quantitative estimate of drug-likeness (QED) is 0.733. The van der Waals surface area contributed by atoms with Crippen molar-refractivity contribution in [2.75, 3.05) is 25.1 Å². The normalized spacial score (nSPS) is 20.4. The molecule has 1 saturated carbocycles. The minimum Gasteiger partial charge on any atom is -0.496 e. The maximum Gasteiger partial charge on any atom is 0.178 e. The van der Waals surface area contributed by atoms with Gasteiger partial charge in [-0.15, -0.1) is 15.3 Å². The maximum atomic E-state index is 5.54. The van der Waals surface area contributed by atoms with E-state index < -0.39 is 0 Å². The SMILES string of the molecule is COc1ccccc1C1CCN(c2ccc3nnc(C4CC4)n3n2)C1. The van der Waals surface area contributed by atoms with Crippen LogP contribution < -0.4 is 9.64 Å². The molecule has 6 nitrogen and oxygen atoms in total. The van der Waals surface area contributed by atoms with E-state index >= 15 is 0 Å². The third kappa shape index (κ3) is 2.52. The van der Waals surface area contributed by atoms with Crippen LogP contribution >= 0.6 is 0 Å². The molecule has 128 valence electrons. The minimum atomic E-state index is 0.470. The third-order valence-electron chi connectivity index (χ3n) is 5.31. The van der Waals surface area contributed by atoms with Gasteiger partial charge in [0.25, 0.3) is 0 Å². The third-order valence-corrected chi connectivity index (χ3v) is 5.31. The summed E-state index contributed by atoms with van der Waals surface area (Å²) in [7, 11) is 1.74. The zero-order chi connectivity index (χ0) is 16.8. The van der Waals surface area contributed by atoms with Gasteiger partial charge in [0.2, 0.25) is 0 Å². The second-order valence-electron chi connectivity index (χ2n) is 6.97. The van der Waals surface area contributed by atoms with Crippen molar-refractivity contribution in [3.05, 3.63) is 47.8 Å². The van der Waals surface area contributed by atoms with Crippen LogP contribution in [-0.4, -0.2) is 40.0 Å². The van der Waals surface area contributed by atoms with Gasteiger partial charge in [0, 0.05) is 24.9 Å². The molecular weight excluding hydrogens is 314 g/mol. The van der Waals surface area contributed by atoms with Crippen molar-refractivity contribution < 1.29 is 4.74 Å². The van der Waals surface area contributed by atoms with Crippen LogP contribution in [-0.2, 0) is 0 Å². The summed E-state index contributed by atoms with van der Waals surface area (Å²) in [5.74, 6) is 4.01. The smallest absolute Gasteiger partial charge is 0.178 e. The van der Waals surface area contributed by atoms with Gasteiger partial charge in [-0.2, -0.15) is 4.52 Å². The summed E-state index contributed by atoms with van der Waals surface area (Å²) in [4.78, 5) is 2.35. The number of hydrogen-bond donors (Lipinski definition) is 0. The van der Waals surface area contributed by atoms with Gasteiger partial charge in [0.05, 0.1) is 7.11 Å². The molecule has 1 aliphatic heterocycles. The zero-order valence-corrected chi connectivity index (χ0v) is 14.3. The van der Waals surface area contributed by atoms with E-state index in [0.29, 0.717) is 11.8 Å². The highest BCUT2D eigenvalue weighted by Crippen LogP contribution is 2.39. The topological polar surface area (TPSA) is 55.5 Å². The van der Waals surface area contributed by atoms with Gasteiger partial charge in [0.1, 0.15) is 11.6 Å². The standard InChI is InChI=1S/C19H21N5O/c1-25-16-5-3-2-4-15(16)14-10-11-23(12-14)18-9-8-17-20-21-19(13-6-7-13)24(17)22-18/h2-5,8-9,13-14H,6-7,10-12H2,1H3. The van der Waals surface area contributed by atoms with E-state index in [1.165, 1.54) is 18.4 Å². The molecule has 2 aromatic heterocycles. The Bertz CT molecular complexity index is 917. The number of ether oxygens (including phenoxy) is 1. The first-order chi connectivity index (χ1) is 12.3. The summed E-state index contributed by atoms with van der Waals surface area (Å²) in [5.41, 5.74) is 2.13. The Labute approximate surface area is 146 Å². The van der Waals surface area contributed by atoms with Crippen LogP contribution in [0.2, 0.25) is 0 Å². The van der Waals surface area contributed by atoms with Crippen molar-refractivity contribution in [2.24, 2.45) is 0 Å². The van der Waals surface area contributed by atoms with Crippen molar-refractivity contribution in [3.8, 4) is 5.75 Å². The fourth-order valence-corrected chi connectivity index (χ4v) is 3.79. The molecule has 1 saturated heterocycles. The van der Waals surface area contributed by atoms with Gasteiger partial charge in [0.15, 0.2) is 11.5 Å². The van der Waals surface area contributed by atoms with Gasteiger partial charge >= 0.3 is 0 Å². The number of rotatable bonds is 4. The van der Waals surface area contributed by atoms with E-state index in [-0.39, 0.29) is 0 Å². The molecule has 2 aliphatic rings. The van der Waals surface area contributed by atoms with Crippen LogP contribution in [0.3, 0.4) is 0 Å². The summed E-state index contributed by atoms with van der Waals surface area (Å²) in [6, 6.07) is 12.4. The average molecular weight is 335 g/mol. The molecule has 3 heterocycles. The predicted octanol–water partition coefficient (Wildman–Crippen LogP) is 3.00. The monoisotopic (exact) mass is 335 g/mol.